The van der Waals surface area contributed by atoms with E-state index in [-0.39, 0.29) is 12.1 Å². The Morgan fingerprint density at radius 1 is 1.44 bits per heavy atom. The predicted molar refractivity (Wildman–Crippen MR) is 57.0 cm³/mol. The van der Waals surface area contributed by atoms with Crippen LogP contribution >= 0.6 is 0 Å². The minimum Gasteiger partial charge on any atom is -0.368 e. The predicted octanol–water partition coefficient (Wildman–Crippen LogP) is 1.98. The Labute approximate surface area is 101 Å². The molecule has 0 aromatic heterocycles. The molecule has 1 amide bonds. The summed E-state index contributed by atoms with van der Waals surface area (Å²) >= 11 is 0. The van der Waals surface area contributed by atoms with Gasteiger partial charge in [0.1, 0.15) is 11.9 Å². The van der Waals surface area contributed by atoms with Gasteiger partial charge in [-0.25, -0.2) is 4.39 Å². The highest BCUT2D eigenvalue weighted by atomic mass is 19.4. The highest BCUT2D eigenvalue weighted by Gasteiger charge is 2.36. The van der Waals surface area contributed by atoms with Crippen LogP contribution in [0, 0.1) is 5.82 Å². The lowest BCUT2D eigenvalue weighted by atomic mass is 9.99. The van der Waals surface area contributed by atoms with Gasteiger partial charge < -0.3 is 11.1 Å². The first-order valence-electron chi connectivity index (χ1n) is 5.16. The van der Waals surface area contributed by atoms with Crippen LogP contribution < -0.4 is 11.1 Å². The topological polar surface area (TPSA) is 55.1 Å². The van der Waals surface area contributed by atoms with Crippen molar-refractivity contribution in [2.75, 3.05) is 6.54 Å². The van der Waals surface area contributed by atoms with E-state index in [1.54, 1.807) is 6.92 Å². The summed E-state index contributed by atoms with van der Waals surface area (Å²) in [6, 6.07) is 0.823. The van der Waals surface area contributed by atoms with E-state index in [1.165, 1.54) is 0 Å². The van der Waals surface area contributed by atoms with Gasteiger partial charge in [0.25, 0.3) is 0 Å². The molecule has 1 unspecified atom stereocenters. The van der Waals surface area contributed by atoms with Crippen LogP contribution in [0.3, 0.4) is 0 Å². The second kappa shape index (κ2) is 5.34. The Hall–Kier alpha value is -1.63. The highest BCUT2D eigenvalue weighted by Crippen LogP contribution is 2.35. The minimum absolute atomic E-state index is 0.252. The van der Waals surface area contributed by atoms with E-state index in [0.29, 0.717) is 6.07 Å². The molecule has 100 valence electrons. The third kappa shape index (κ3) is 3.19. The Balaban J connectivity index is 3.33. The number of rotatable bonds is 4. The molecule has 0 heterocycles. The van der Waals surface area contributed by atoms with Gasteiger partial charge in [-0.1, -0.05) is 13.0 Å². The summed E-state index contributed by atoms with van der Waals surface area (Å²) in [6.07, 6.45) is -4.75. The molecule has 0 bridgehead atoms. The number of likely N-dealkylation sites (N-methyl/N-ethyl adjacent to an activating group) is 1. The SMILES string of the molecule is CCNC(C(N)=O)c1ccc(F)cc1C(F)(F)F. The molecular weight excluding hydrogens is 252 g/mol. The molecule has 1 atom stereocenters. The number of carbonyl (C=O) groups excluding carboxylic acids is 1. The maximum Gasteiger partial charge on any atom is 0.416 e. The summed E-state index contributed by atoms with van der Waals surface area (Å²) in [5, 5.41) is 2.53. The summed E-state index contributed by atoms with van der Waals surface area (Å²) in [6.45, 7) is 1.87. The molecule has 1 aromatic carbocycles. The molecule has 7 heteroatoms. The van der Waals surface area contributed by atoms with Crippen LogP contribution in [0.25, 0.3) is 0 Å². The molecule has 0 aliphatic carbocycles. The van der Waals surface area contributed by atoms with E-state index in [4.69, 9.17) is 5.73 Å². The number of benzene rings is 1. The van der Waals surface area contributed by atoms with Crippen molar-refractivity contribution < 1.29 is 22.4 Å². The van der Waals surface area contributed by atoms with Crippen molar-refractivity contribution in [2.45, 2.75) is 19.1 Å². The number of carbonyl (C=O) groups is 1. The molecule has 3 nitrogen and oxygen atoms in total. The summed E-state index contributed by atoms with van der Waals surface area (Å²) in [5.41, 5.74) is 3.46. The molecule has 0 fully saturated rings. The van der Waals surface area contributed by atoms with Crippen molar-refractivity contribution in [3.63, 3.8) is 0 Å². The molecule has 0 saturated heterocycles. The number of hydrogen-bond acceptors (Lipinski definition) is 2. The first-order chi connectivity index (χ1) is 8.27. The smallest absolute Gasteiger partial charge is 0.368 e. The van der Waals surface area contributed by atoms with E-state index in [2.05, 4.69) is 5.32 Å². The third-order valence-corrected chi connectivity index (χ3v) is 2.32. The van der Waals surface area contributed by atoms with E-state index in [1.807, 2.05) is 0 Å². The van der Waals surface area contributed by atoms with Crippen LogP contribution in [0.2, 0.25) is 0 Å². The fourth-order valence-corrected chi connectivity index (χ4v) is 1.59. The van der Waals surface area contributed by atoms with Gasteiger partial charge in [0.2, 0.25) is 5.91 Å². The first-order valence-corrected chi connectivity index (χ1v) is 5.16. The molecule has 0 radical (unpaired) electrons. The monoisotopic (exact) mass is 264 g/mol. The molecule has 0 aliphatic heterocycles. The number of nitrogens with one attached hydrogen (secondary N) is 1. The van der Waals surface area contributed by atoms with Gasteiger partial charge in [-0.15, -0.1) is 0 Å². The standard InChI is InChI=1S/C11H12F4N2O/c1-2-17-9(10(16)18)7-4-3-6(12)5-8(7)11(13,14)15/h3-5,9,17H,2H2,1H3,(H2,16,18). The van der Waals surface area contributed by atoms with E-state index < -0.39 is 29.5 Å². The quantitative estimate of drug-likeness (QED) is 0.817. The molecule has 1 aromatic rings. The summed E-state index contributed by atoms with van der Waals surface area (Å²) < 4.78 is 51.1. The minimum atomic E-state index is -4.75. The lowest BCUT2D eigenvalue weighted by Crippen LogP contribution is -2.35. The zero-order valence-electron chi connectivity index (χ0n) is 9.51. The molecule has 3 N–H and O–H groups in total. The lowest BCUT2D eigenvalue weighted by Gasteiger charge is -2.19. The van der Waals surface area contributed by atoms with Crippen LogP contribution in [0.1, 0.15) is 24.1 Å². The molecule has 0 saturated carbocycles. The van der Waals surface area contributed by atoms with Crippen LogP contribution in [0.4, 0.5) is 17.6 Å². The fourth-order valence-electron chi connectivity index (χ4n) is 1.59. The average molecular weight is 264 g/mol. The summed E-state index contributed by atoms with van der Waals surface area (Å²) in [4.78, 5) is 11.2. The van der Waals surface area contributed by atoms with Gasteiger partial charge in [-0.2, -0.15) is 13.2 Å². The van der Waals surface area contributed by atoms with E-state index >= 15 is 0 Å². The maximum atomic E-state index is 12.9. The summed E-state index contributed by atoms with van der Waals surface area (Å²) in [7, 11) is 0. The zero-order valence-corrected chi connectivity index (χ0v) is 9.51. The van der Waals surface area contributed by atoms with Gasteiger partial charge in [0.15, 0.2) is 0 Å². The first kappa shape index (κ1) is 14.4. The van der Waals surface area contributed by atoms with Gasteiger partial charge >= 0.3 is 6.18 Å². The Morgan fingerprint density at radius 3 is 2.50 bits per heavy atom. The molecule has 0 spiro atoms. The molecular formula is C11H12F4N2O. The van der Waals surface area contributed by atoms with Gasteiger partial charge in [-0.05, 0) is 24.2 Å². The Morgan fingerprint density at radius 2 is 2.06 bits per heavy atom. The average Bonchev–Trinajstić information content (AvgIpc) is 2.24. The van der Waals surface area contributed by atoms with Crippen molar-refractivity contribution in [1.29, 1.82) is 0 Å². The fraction of sp³-hybridized carbons (Fsp3) is 0.364. The van der Waals surface area contributed by atoms with E-state index in [0.717, 1.165) is 12.1 Å². The molecule has 1 rings (SSSR count). The lowest BCUT2D eigenvalue weighted by molar-refractivity contribution is -0.138. The largest absolute Gasteiger partial charge is 0.416 e. The van der Waals surface area contributed by atoms with E-state index in [9.17, 15) is 22.4 Å². The maximum absolute atomic E-state index is 12.9. The molecule has 0 aliphatic rings. The number of hydrogen-bond donors (Lipinski definition) is 2. The zero-order chi connectivity index (χ0) is 13.9. The van der Waals surface area contributed by atoms with Crippen molar-refractivity contribution in [3.05, 3.63) is 35.1 Å². The number of amides is 1. The Bertz CT molecular complexity index is 445. The van der Waals surface area contributed by atoms with Gasteiger partial charge in [0.05, 0.1) is 5.56 Å². The number of halogens is 4. The highest BCUT2D eigenvalue weighted by molar-refractivity contribution is 5.82. The Kier molecular flexibility index (Phi) is 4.28. The second-order valence-electron chi connectivity index (χ2n) is 3.62. The van der Waals surface area contributed by atoms with Crippen LogP contribution in [-0.4, -0.2) is 12.5 Å². The molecule has 18 heavy (non-hydrogen) atoms. The van der Waals surface area contributed by atoms with Gasteiger partial charge in [0, 0.05) is 0 Å². The van der Waals surface area contributed by atoms with Crippen molar-refractivity contribution in [2.24, 2.45) is 5.73 Å². The second-order valence-corrected chi connectivity index (χ2v) is 3.62. The third-order valence-electron chi connectivity index (χ3n) is 2.32. The normalized spacial score (nSPS) is 13.4. The number of nitrogens with two attached hydrogens (primary N) is 1. The number of primary amides is 1. The van der Waals surface area contributed by atoms with Gasteiger partial charge in [-0.3, -0.25) is 4.79 Å². The van der Waals surface area contributed by atoms with Crippen molar-refractivity contribution >= 4 is 5.91 Å². The van der Waals surface area contributed by atoms with Crippen molar-refractivity contribution in [3.8, 4) is 0 Å². The van der Waals surface area contributed by atoms with Crippen LogP contribution in [0.5, 0.6) is 0 Å². The van der Waals surface area contributed by atoms with Crippen LogP contribution in [-0.2, 0) is 11.0 Å². The number of alkyl halides is 3. The van der Waals surface area contributed by atoms with Crippen molar-refractivity contribution in [1.82, 2.24) is 5.32 Å². The summed E-state index contributed by atoms with van der Waals surface area (Å²) in [5.74, 6) is -1.97. The van der Waals surface area contributed by atoms with Crippen LogP contribution in [0.15, 0.2) is 18.2 Å².